The molecule has 2 heteroatoms. The molecule has 0 amide bonds. The predicted molar refractivity (Wildman–Crippen MR) is 162 cm³/mol. The van der Waals surface area contributed by atoms with Crippen molar-refractivity contribution in [1.29, 1.82) is 0 Å². The molecule has 0 aromatic carbocycles. The maximum absolute atomic E-state index is 2.46. The molecule has 0 fully saturated rings. The summed E-state index contributed by atoms with van der Waals surface area (Å²) in [5.74, 6) is 0. The Labute approximate surface area is 229 Å². The SMILES string of the molecule is CCCCCCCCCCCCCCCC[N+](C)(C)CCCCCCCCCCCCCCCC.[F-]. The maximum atomic E-state index is 2.46. The molecule has 0 aliphatic heterocycles. The highest BCUT2D eigenvalue weighted by molar-refractivity contribution is 4.51. The first kappa shape index (κ1) is 38.0. The number of rotatable bonds is 30. The lowest BCUT2D eigenvalue weighted by molar-refractivity contribution is -0.890. The largest absolute Gasteiger partial charge is 1.00 e. The van der Waals surface area contributed by atoms with Gasteiger partial charge in [-0.05, 0) is 25.7 Å². The van der Waals surface area contributed by atoms with Gasteiger partial charge in [-0.15, -0.1) is 0 Å². The third-order valence-electron chi connectivity index (χ3n) is 8.23. The highest BCUT2D eigenvalue weighted by atomic mass is 19.0. The minimum Gasteiger partial charge on any atom is -1.00 e. The fourth-order valence-corrected chi connectivity index (χ4v) is 5.58. The number of hydrogen-bond acceptors (Lipinski definition) is 0. The van der Waals surface area contributed by atoms with Crippen LogP contribution in [0.5, 0.6) is 0 Å². The van der Waals surface area contributed by atoms with Gasteiger partial charge in [0, 0.05) is 0 Å². The molecule has 36 heavy (non-hydrogen) atoms. The van der Waals surface area contributed by atoms with Gasteiger partial charge in [-0.3, -0.25) is 0 Å². The van der Waals surface area contributed by atoms with Crippen LogP contribution in [0.4, 0.5) is 0 Å². The molecular formula is C34H72FN. The minimum atomic E-state index is 0. The van der Waals surface area contributed by atoms with Crippen LogP contribution in [0.3, 0.4) is 0 Å². The molecule has 220 valence electrons. The number of hydrogen-bond donors (Lipinski definition) is 0. The van der Waals surface area contributed by atoms with Gasteiger partial charge in [0.1, 0.15) is 0 Å². The van der Waals surface area contributed by atoms with Gasteiger partial charge in [0.2, 0.25) is 0 Å². The van der Waals surface area contributed by atoms with Gasteiger partial charge in [-0.2, -0.15) is 0 Å². The standard InChI is InChI=1S/C34H72N.FH/c1-5-7-9-11-13-15-17-19-21-23-25-27-29-31-33-35(3,4)34-32-30-28-26-24-22-20-18-16-14-12-10-8-6-2;/h5-34H2,1-4H3;1H/q+1;/p-1. The average Bonchev–Trinajstić information content (AvgIpc) is 2.84. The van der Waals surface area contributed by atoms with Crippen molar-refractivity contribution in [3.8, 4) is 0 Å². The summed E-state index contributed by atoms with van der Waals surface area (Å²) in [6.07, 6.45) is 40.9. The normalized spacial score (nSPS) is 11.7. The van der Waals surface area contributed by atoms with Crippen molar-refractivity contribution in [3.63, 3.8) is 0 Å². The van der Waals surface area contributed by atoms with Gasteiger partial charge in [0.25, 0.3) is 0 Å². The smallest absolute Gasteiger partial charge is 0.0782 e. The van der Waals surface area contributed by atoms with E-state index < -0.39 is 0 Å². The number of unbranched alkanes of at least 4 members (excludes halogenated alkanes) is 26. The van der Waals surface area contributed by atoms with Gasteiger partial charge in [-0.1, -0.05) is 168 Å². The van der Waals surface area contributed by atoms with Crippen molar-refractivity contribution in [2.24, 2.45) is 0 Å². The molecule has 0 N–H and O–H groups in total. The molecular weight excluding hydrogens is 441 g/mol. The Morgan fingerprint density at radius 3 is 0.639 bits per heavy atom. The van der Waals surface area contributed by atoms with Gasteiger partial charge in [0.15, 0.2) is 0 Å². The molecule has 0 bridgehead atoms. The van der Waals surface area contributed by atoms with Crippen LogP contribution < -0.4 is 4.70 Å². The zero-order chi connectivity index (χ0) is 25.7. The molecule has 0 spiro atoms. The molecule has 0 aliphatic carbocycles. The first-order chi connectivity index (χ1) is 17.1. The van der Waals surface area contributed by atoms with Crippen LogP contribution in [-0.4, -0.2) is 31.7 Å². The number of nitrogens with zero attached hydrogens (tertiary/aromatic N) is 1. The predicted octanol–water partition coefficient (Wildman–Crippen LogP) is 9.03. The molecule has 0 saturated heterocycles. The fraction of sp³-hybridized carbons (Fsp3) is 1.00. The molecule has 0 rings (SSSR count). The summed E-state index contributed by atoms with van der Waals surface area (Å²) in [5.41, 5.74) is 0. The van der Waals surface area contributed by atoms with Crippen molar-refractivity contribution in [2.75, 3.05) is 27.2 Å². The van der Waals surface area contributed by atoms with E-state index in [0.717, 1.165) is 0 Å². The summed E-state index contributed by atoms with van der Waals surface area (Å²) < 4.78 is 1.25. The monoisotopic (exact) mass is 514 g/mol. The topological polar surface area (TPSA) is 0 Å². The molecule has 0 aliphatic rings. The van der Waals surface area contributed by atoms with Crippen molar-refractivity contribution < 1.29 is 9.19 Å². The van der Waals surface area contributed by atoms with Crippen LogP contribution in [0.1, 0.15) is 194 Å². The van der Waals surface area contributed by atoms with E-state index in [4.69, 9.17) is 0 Å². The number of halogens is 1. The second-order valence-corrected chi connectivity index (χ2v) is 12.6. The Morgan fingerprint density at radius 1 is 0.278 bits per heavy atom. The minimum absolute atomic E-state index is 0. The van der Waals surface area contributed by atoms with Gasteiger partial charge in [0.05, 0.1) is 27.2 Å². The Hall–Kier alpha value is -0.110. The number of quaternary nitrogens is 1. The lowest BCUT2D eigenvalue weighted by Gasteiger charge is -2.30. The first-order valence-electron chi connectivity index (χ1n) is 16.9. The van der Waals surface area contributed by atoms with E-state index in [2.05, 4.69) is 27.9 Å². The van der Waals surface area contributed by atoms with Crippen molar-refractivity contribution in [1.82, 2.24) is 0 Å². The summed E-state index contributed by atoms with van der Waals surface area (Å²) in [5, 5.41) is 0. The highest BCUT2D eigenvalue weighted by Gasteiger charge is 2.13. The van der Waals surface area contributed by atoms with Gasteiger partial charge in [-0.25, -0.2) is 0 Å². The summed E-state index contributed by atoms with van der Waals surface area (Å²) >= 11 is 0. The van der Waals surface area contributed by atoms with Gasteiger partial charge >= 0.3 is 0 Å². The van der Waals surface area contributed by atoms with E-state index in [1.807, 2.05) is 0 Å². The molecule has 1 nitrogen and oxygen atoms in total. The second-order valence-electron chi connectivity index (χ2n) is 12.6. The van der Waals surface area contributed by atoms with Crippen molar-refractivity contribution in [2.45, 2.75) is 194 Å². The Morgan fingerprint density at radius 2 is 0.444 bits per heavy atom. The highest BCUT2D eigenvalue weighted by Crippen LogP contribution is 2.15. The molecule has 0 heterocycles. The molecule has 0 aromatic heterocycles. The zero-order valence-corrected chi connectivity index (χ0v) is 26.0. The van der Waals surface area contributed by atoms with E-state index in [-0.39, 0.29) is 4.70 Å². The maximum Gasteiger partial charge on any atom is 0.0782 e. The van der Waals surface area contributed by atoms with Crippen LogP contribution >= 0.6 is 0 Å². The summed E-state index contributed by atoms with van der Waals surface area (Å²) in [4.78, 5) is 0. The van der Waals surface area contributed by atoms with E-state index >= 15 is 0 Å². The molecule has 0 radical (unpaired) electrons. The molecule has 0 atom stereocenters. The third-order valence-corrected chi connectivity index (χ3v) is 8.23. The molecule has 0 aromatic rings. The second kappa shape index (κ2) is 31.1. The lowest BCUT2D eigenvalue weighted by Crippen LogP contribution is -3.00. The fourth-order valence-electron chi connectivity index (χ4n) is 5.58. The first-order valence-corrected chi connectivity index (χ1v) is 16.9. The van der Waals surface area contributed by atoms with E-state index in [9.17, 15) is 0 Å². The van der Waals surface area contributed by atoms with Crippen LogP contribution in [0.15, 0.2) is 0 Å². The Balaban J connectivity index is 0. The zero-order valence-electron chi connectivity index (χ0n) is 26.0. The lowest BCUT2D eigenvalue weighted by atomic mass is 10.0. The Kier molecular flexibility index (Phi) is 32.9. The van der Waals surface area contributed by atoms with E-state index in [1.54, 1.807) is 0 Å². The molecule has 0 unspecified atom stereocenters. The average molecular weight is 514 g/mol. The third kappa shape index (κ3) is 31.9. The Bertz CT molecular complexity index is 347. The van der Waals surface area contributed by atoms with Crippen LogP contribution in [0.2, 0.25) is 0 Å². The quantitative estimate of drug-likeness (QED) is 0.0664. The van der Waals surface area contributed by atoms with E-state index in [0.29, 0.717) is 0 Å². The van der Waals surface area contributed by atoms with Crippen molar-refractivity contribution >= 4 is 0 Å². The van der Waals surface area contributed by atoms with Crippen LogP contribution in [-0.2, 0) is 0 Å². The van der Waals surface area contributed by atoms with E-state index in [1.165, 1.54) is 197 Å². The van der Waals surface area contributed by atoms with Crippen LogP contribution in [0, 0.1) is 0 Å². The molecule has 0 saturated carbocycles. The van der Waals surface area contributed by atoms with Gasteiger partial charge < -0.3 is 9.19 Å². The summed E-state index contributed by atoms with van der Waals surface area (Å²) in [7, 11) is 4.93. The summed E-state index contributed by atoms with van der Waals surface area (Å²) in [6.45, 7) is 7.38. The van der Waals surface area contributed by atoms with Crippen LogP contribution in [0.25, 0.3) is 0 Å². The summed E-state index contributed by atoms with van der Waals surface area (Å²) in [6, 6.07) is 0. The van der Waals surface area contributed by atoms with Crippen molar-refractivity contribution in [3.05, 3.63) is 0 Å².